The lowest BCUT2D eigenvalue weighted by Crippen LogP contribution is -2.53. The molecule has 2 unspecified atom stereocenters. The highest BCUT2D eigenvalue weighted by molar-refractivity contribution is 5.41. The molecule has 0 saturated carbocycles. The van der Waals surface area contributed by atoms with Crippen LogP contribution in [0.2, 0.25) is 0 Å². The van der Waals surface area contributed by atoms with Gasteiger partial charge in [-0.25, -0.2) is 0 Å². The molecule has 0 aromatic heterocycles. The molecule has 0 bridgehead atoms. The third-order valence-corrected chi connectivity index (χ3v) is 3.28. The maximum absolute atomic E-state index is 9.77. The summed E-state index contributed by atoms with van der Waals surface area (Å²) in [5.74, 6) is 0.743. The molecule has 4 nitrogen and oxygen atoms in total. The molecule has 1 heterocycles. The molecule has 0 spiro atoms. The van der Waals surface area contributed by atoms with E-state index >= 15 is 0 Å². The van der Waals surface area contributed by atoms with Crippen molar-refractivity contribution in [3.63, 3.8) is 0 Å². The monoisotopic (exact) mass is 250 g/mol. The minimum atomic E-state index is 0.214. The molecule has 1 saturated heterocycles. The molecule has 1 aliphatic rings. The molecule has 1 aromatic carbocycles. The van der Waals surface area contributed by atoms with Crippen molar-refractivity contribution in [1.82, 2.24) is 10.2 Å². The lowest BCUT2D eigenvalue weighted by Gasteiger charge is -2.36. The van der Waals surface area contributed by atoms with Gasteiger partial charge in [-0.3, -0.25) is 4.90 Å². The van der Waals surface area contributed by atoms with Gasteiger partial charge in [0, 0.05) is 31.7 Å². The number of aromatic hydroxyl groups is 1. The van der Waals surface area contributed by atoms with Gasteiger partial charge in [-0.15, -0.1) is 0 Å². The maximum Gasteiger partial charge on any atom is 0.160 e. The number of hydrogen-bond acceptors (Lipinski definition) is 4. The predicted molar refractivity (Wildman–Crippen MR) is 72.0 cm³/mol. The largest absolute Gasteiger partial charge is 0.504 e. The lowest BCUT2D eigenvalue weighted by atomic mass is 10.1. The van der Waals surface area contributed by atoms with Gasteiger partial charge in [0.15, 0.2) is 11.5 Å². The Morgan fingerprint density at radius 3 is 2.56 bits per heavy atom. The van der Waals surface area contributed by atoms with E-state index in [1.54, 1.807) is 13.2 Å². The van der Waals surface area contributed by atoms with Crippen molar-refractivity contribution >= 4 is 0 Å². The standard InChI is InChI=1S/C14H22N2O2/c1-10-7-16(8-11(2)15-10)9-12-4-5-14(18-3)13(17)6-12/h4-6,10-11,15,17H,7-9H2,1-3H3. The van der Waals surface area contributed by atoms with E-state index in [4.69, 9.17) is 4.74 Å². The molecule has 4 heteroatoms. The van der Waals surface area contributed by atoms with Crippen molar-refractivity contribution in [2.24, 2.45) is 0 Å². The maximum atomic E-state index is 9.77. The summed E-state index contributed by atoms with van der Waals surface area (Å²) >= 11 is 0. The normalized spacial score (nSPS) is 25.1. The van der Waals surface area contributed by atoms with Crippen LogP contribution in [0.25, 0.3) is 0 Å². The number of nitrogens with one attached hydrogen (secondary N) is 1. The fourth-order valence-electron chi connectivity index (χ4n) is 2.66. The zero-order valence-corrected chi connectivity index (χ0v) is 11.3. The molecule has 0 amide bonds. The van der Waals surface area contributed by atoms with Crippen LogP contribution in [-0.4, -0.2) is 42.3 Å². The minimum Gasteiger partial charge on any atom is -0.504 e. The molecule has 0 radical (unpaired) electrons. The summed E-state index contributed by atoms with van der Waals surface area (Å²) in [5, 5.41) is 13.3. The Balaban J connectivity index is 2.02. The van der Waals surface area contributed by atoms with Crippen LogP contribution in [0.5, 0.6) is 11.5 Å². The first-order valence-corrected chi connectivity index (χ1v) is 6.42. The number of benzene rings is 1. The van der Waals surface area contributed by atoms with E-state index < -0.39 is 0 Å². The highest BCUT2D eigenvalue weighted by Gasteiger charge is 2.20. The first-order valence-electron chi connectivity index (χ1n) is 6.42. The minimum absolute atomic E-state index is 0.214. The van der Waals surface area contributed by atoms with Gasteiger partial charge in [0.2, 0.25) is 0 Å². The van der Waals surface area contributed by atoms with Crippen LogP contribution in [0.4, 0.5) is 0 Å². The van der Waals surface area contributed by atoms with E-state index in [1.807, 2.05) is 12.1 Å². The summed E-state index contributed by atoms with van der Waals surface area (Å²) in [6.45, 7) is 7.35. The summed E-state index contributed by atoms with van der Waals surface area (Å²) in [6, 6.07) is 6.65. The molecule has 2 rings (SSSR count). The molecule has 2 atom stereocenters. The van der Waals surface area contributed by atoms with E-state index in [2.05, 4.69) is 24.1 Å². The highest BCUT2D eigenvalue weighted by Crippen LogP contribution is 2.26. The van der Waals surface area contributed by atoms with Crippen LogP contribution in [-0.2, 0) is 6.54 Å². The van der Waals surface area contributed by atoms with E-state index in [-0.39, 0.29) is 5.75 Å². The molecule has 1 aromatic rings. The first kappa shape index (κ1) is 13.2. The van der Waals surface area contributed by atoms with Crippen molar-refractivity contribution in [1.29, 1.82) is 0 Å². The predicted octanol–water partition coefficient (Wildman–Crippen LogP) is 1.58. The number of nitrogens with zero attached hydrogens (tertiary/aromatic N) is 1. The average molecular weight is 250 g/mol. The second-order valence-electron chi connectivity index (χ2n) is 5.17. The van der Waals surface area contributed by atoms with Crippen LogP contribution in [0.15, 0.2) is 18.2 Å². The number of phenolic OH excluding ortho intramolecular Hbond substituents is 1. The SMILES string of the molecule is COc1ccc(CN2CC(C)NC(C)C2)cc1O. The van der Waals surface area contributed by atoms with E-state index in [1.165, 1.54) is 0 Å². The summed E-state index contributed by atoms with van der Waals surface area (Å²) in [6.07, 6.45) is 0. The molecule has 1 fully saturated rings. The fraction of sp³-hybridized carbons (Fsp3) is 0.571. The Labute approximate surface area is 109 Å². The van der Waals surface area contributed by atoms with Gasteiger partial charge in [-0.1, -0.05) is 6.07 Å². The summed E-state index contributed by atoms with van der Waals surface area (Å²) < 4.78 is 5.05. The Morgan fingerprint density at radius 2 is 2.00 bits per heavy atom. The van der Waals surface area contributed by atoms with Crippen molar-refractivity contribution in [3.8, 4) is 11.5 Å². The third kappa shape index (κ3) is 3.15. The second kappa shape index (κ2) is 5.59. The van der Waals surface area contributed by atoms with Gasteiger partial charge < -0.3 is 15.2 Å². The van der Waals surface area contributed by atoms with Crippen molar-refractivity contribution in [3.05, 3.63) is 23.8 Å². The van der Waals surface area contributed by atoms with Crippen molar-refractivity contribution in [2.45, 2.75) is 32.5 Å². The van der Waals surface area contributed by atoms with Crippen LogP contribution in [0.3, 0.4) is 0 Å². The number of methoxy groups -OCH3 is 1. The molecule has 100 valence electrons. The molecular weight excluding hydrogens is 228 g/mol. The average Bonchev–Trinajstić information content (AvgIpc) is 2.27. The number of ether oxygens (including phenoxy) is 1. The van der Waals surface area contributed by atoms with Crippen LogP contribution < -0.4 is 10.1 Å². The summed E-state index contributed by atoms with van der Waals surface area (Å²) in [7, 11) is 1.56. The Hall–Kier alpha value is -1.26. The number of piperazine rings is 1. The number of phenols is 1. The van der Waals surface area contributed by atoms with Gasteiger partial charge in [0.25, 0.3) is 0 Å². The topological polar surface area (TPSA) is 44.7 Å². The third-order valence-electron chi connectivity index (χ3n) is 3.28. The molecule has 18 heavy (non-hydrogen) atoms. The van der Waals surface area contributed by atoms with Crippen LogP contribution >= 0.6 is 0 Å². The van der Waals surface area contributed by atoms with Gasteiger partial charge in [0.1, 0.15) is 0 Å². The molecule has 1 aliphatic heterocycles. The van der Waals surface area contributed by atoms with Crippen molar-refractivity contribution in [2.75, 3.05) is 20.2 Å². The quantitative estimate of drug-likeness (QED) is 0.855. The van der Waals surface area contributed by atoms with E-state index in [0.29, 0.717) is 17.8 Å². The summed E-state index contributed by atoms with van der Waals surface area (Å²) in [5.41, 5.74) is 1.12. The van der Waals surface area contributed by atoms with Gasteiger partial charge in [-0.05, 0) is 31.5 Å². The van der Waals surface area contributed by atoms with Crippen molar-refractivity contribution < 1.29 is 9.84 Å². The molecular formula is C14H22N2O2. The molecule has 0 aliphatic carbocycles. The zero-order chi connectivity index (χ0) is 13.1. The van der Waals surface area contributed by atoms with Gasteiger partial charge >= 0.3 is 0 Å². The van der Waals surface area contributed by atoms with Gasteiger partial charge in [0.05, 0.1) is 7.11 Å². The Morgan fingerprint density at radius 1 is 1.33 bits per heavy atom. The Bertz CT molecular complexity index is 399. The fourth-order valence-corrected chi connectivity index (χ4v) is 2.66. The van der Waals surface area contributed by atoms with Gasteiger partial charge in [-0.2, -0.15) is 0 Å². The van der Waals surface area contributed by atoms with Crippen LogP contribution in [0.1, 0.15) is 19.4 Å². The van der Waals surface area contributed by atoms with E-state index in [0.717, 1.165) is 25.2 Å². The van der Waals surface area contributed by atoms with Crippen LogP contribution in [0, 0.1) is 0 Å². The summed E-state index contributed by atoms with van der Waals surface area (Å²) in [4.78, 5) is 2.41. The van der Waals surface area contributed by atoms with E-state index in [9.17, 15) is 5.11 Å². The second-order valence-corrected chi connectivity index (χ2v) is 5.17. The number of rotatable bonds is 3. The highest BCUT2D eigenvalue weighted by atomic mass is 16.5. The molecule has 2 N–H and O–H groups in total. The zero-order valence-electron chi connectivity index (χ0n) is 11.3. The first-order chi connectivity index (χ1) is 8.58. The lowest BCUT2D eigenvalue weighted by molar-refractivity contribution is 0.166. The number of hydrogen-bond donors (Lipinski definition) is 2. The smallest absolute Gasteiger partial charge is 0.160 e. The Kier molecular flexibility index (Phi) is 4.09.